The van der Waals surface area contributed by atoms with Crippen molar-refractivity contribution in [3.8, 4) is 56.3 Å². The summed E-state index contributed by atoms with van der Waals surface area (Å²) in [5.41, 5.74) is 7.89. The number of aromatic nitrogens is 4. The van der Waals surface area contributed by atoms with E-state index in [0.717, 1.165) is 66.3 Å². The molecule has 0 atom stereocenters. The molecule has 5 aromatic carbocycles. The molecule has 0 N–H and O–H groups in total. The predicted molar refractivity (Wildman–Crippen MR) is 182 cm³/mol. The van der Waals surface area contributed by atoms with Crippen LogP contribution in [0.5, 0.6) is 0 Å². The fourth-order valence-electron chi connectivity index (χ4n) is 6.44. The minimum absolute atomic E-state index is 0.694. The first-order valence-corrected chi connectivity index (χ1v) is 15.0. The van der Waals surface area contributed by atoms with Crippen LogP contribution in [0.15, 0.2) is 156 Å². The van der Waals surface area contributed by atoms with E-state index >= 15 is 0 Å². The molecule has 0 radical (unpaired) electrons. The Balaban J connectivity index is 1.36. The second-order valence-electron chi connectivity index (χ2n) is 11.2. The molecule has 0 fully saturated rings. The maximum atomic E-state index is 5.66. The van der Waals surface area contributed by atoms with Crippen molar-refractivity contribution in [3.05, 3.63) is 147 Å². The highest BCUT2D eigenvalue weighted by Gasteiger charge is 2.20. The number of hydrogen-bond donors (Lipinski definition) is 0. The van der Waals surface area contributed by atoms with Gasteiger partial charge in [-0.2, -0.15) is 0 Å². The van der Waals surface area contributed by atoms with Gasteiger partial charge in [-0.25, -0.2) is 9.97 Å². The van der Waals surface area contributed by atoms with Gasteiger partial charge in [0.1, 0.15) is 0 Å². The Kier molecular flexibility index (Phi) is 6.03. The van der Waals surface area contributed by atoms with Crippen molar-refractivity contribution >= 4 is 32.3 Å². The summed E-state index contributed by atoms with van der Waals surface area (Å²) in [6.07, 6.45) is 10.0. The molecule has 0 saturated heterocycles. The van der Waals surface area contributed by atoms with E-state index in [-0.39, 0.29) is 0 Å². The summed E-state index contributed by atoms with van der Waals surface area (Å²) >= 11 is 0. The highest BCUT2D eigenvalue weighted by molar-refractivity contribution is 6.21. The molecule has 0 bridgehead atoms. The van der Waals surface area contributed by atoms with Gasteiger partial charge in [-0.1, -0.05) is 72.8 Å². The van der Waals surface area contributed by atoms with Gasteiger partial charge in [0.05, 0.1) is 23.8 Å². The van der Waals surface area contributed by atoms with E-state index in [4.69, 9.17) is 18.8 Å². The topological polar surface area (TPSA) is 77.8 Å². The van der Waals surface area contributed by atoms with Gasteiger partial charge >= 0.3 is 0 Å². The van der Waals surface area contributed by atoms with Crippen molar-refractivity contribution in [2.75, 3.05) is 0 Å². The number of pyridine rings is 2. The standard InChI is InChI=1S/C40H24N4O2/c1-2-6-26-17-27(10-9-25(26)5-1)28-11-12-33-34(18-28)40(36-20-30(14-16-44-36)38-22-42-24-46-38)32-8-4-3-7-31(32)39(33)35-19-29(13-15-43-35)37-21-41-23-45-37/h1-24H. The normalized spacial score (nSPS) is 11.5. The number of oxazole rings is 2. The van der Waals surface area contributed by atoms with Crippen LogP contribution in [0, 0.1) is 0 Å². The lowest BCUT2D eigenvalue weighted by molar-refractivity contribution is 0.571. The van der Waals surface area contributed by atoms with Crippen molar-refractivity contribution in [2.45, 2.75) is 0 Å². The van der Waals surface area contributed by atoms with Crippen LogP contribution >= 0.6 is 0 Å². The van der Waals surface area contributed by atoms with Crippen molar-refractivity contribution < 1.29 is 8.83 Å². The first-order valence-electron chi connectivity index (χ1n) is 15.0. The summed E-state index contributed by atoms with van der Waals surface area (Å²) in [5.74, 6) is 1.39. The highest BCUT2D eigenvalue weighted by Crippen LogP contribution is 2.45. The molecule has 0 amide bonds. The van der Waals surface area contributed by atoms with Crippen molar-refractivity contribution in [1.29, 1.82) is 0 Å². The molecule has 0 aliphatic carbocycles. The summed E-state index contributed by atoms with van der Waals surface area (Å²) in [4.78, 5) is 18.1. The molecule has 0 unspecified atom stereocenters. The quantitative estimate of drug-likeness (QED) is 0.185. The van der Waals surface area contributed by atoms with Crippen LogP contribution < -0.4 is 0 Å². The molecule has 0 saturated carbocycles. The van der Waals surface area contributed by atoms with Crippen LogP contribution in [-0.2, 0) is 0 Å². The molecule has 6 nitrogen and oxygen atoms in total. The van der Waals surface area contributed by atoms with Crippen LogP contribution in [0.25, 0.3) is 88.6 Å². The fraction of sp³-hybridized carbons (Fsp3) is 0. The Hall–Kier alpha value is -6.40. The molecule has 4 heterocycles. The van der Waals surface area contributed by atoms with E-state index in [9.17, 15) is 0 Å². The molecule has 46 heavy (non-hydrogen) atoms. The Morgan fingerprint density at radius 3 is 1.59 bits per heavy atom. The van der Waals surface area contributed by atoms with E-state index in [2.05, 4.69) is 107 Å². The minimum Gasteiger partial charge on any atom is -0.444 e. The van der Waals surface area contributed by atoms with Crippen molar-refractivity contribution in [1.82, 2.24) is 19.9 Å². The van der Waals surface area contributed by atoms with Gasteiger partial charge < -0.3 is 8.83 Å². The van der Waals surface area contributed by atoms with Crippen LogP contribution in [0.4, 0.5) is 0 Å². The van der Waals surface area contributed by atoms with Crippen LogP contribution in [-0.4, -0.2) is 19.9 Å². The third-order valence-corrected chi connectivity index (χ3v) is 8.57. The van der Waals surface area contributed by atoms with Crippen LogP contribution in [0.3, 0.4) is 0 Å². The molecule has 0 spiro atoms. The Morgan fingerprint density at radius 2 is 0.957 bits per heavy atom. The second kappa shape index (κ2) is 10.6. The third-order valence-electron chi connectivity index (χ3n) is 8.57. The first kappa shape index (κ1) is 26.0. The third kappa shape index (κ3) is 4.35. The fourth-order valence-corrected chi connectivity index (χ4v) is 6.44. The predicted octanol–water partition coefficient (Wildman–Crippen LogP) is 10.2. The number of benzene rings is 5. The molecule has 0 aliphatic rings. The van der Waals surface area contributed by atoms with E-state index in [0.29, 0.717) is 11.5 Å². The maximum absolute atomic E-state index is 5.66. The number of hydrogen-bond acceptors (Lipinski definition) is 6. The lowest BCUT2D eigenvalue weighted by Crippen LogP contribution is -1.95. The summed E-state index contributed by atoms with van der Waals surface area (Å²) in [6, 6.07) is 38.3. The largest absolute Gasteiger partial charge is 0.444 e. The summed E-state index contributed by atoms with van der Waals surface area (Å²) in [7, 11) is 0. The Labute approximate surface area is 263 Å². The van der Waals surface area contributed by atoms with Gasteiger partial charge in [0.25, 0.3) is 0 Å². The molecule has 4 aromatic heterocycles. The zero-order valence-electron chi connectivity index (χ0n) is 24.5. The molecule has 0 aliphatic heterocycles. The molecule has 6 heteroatoms. The lowest BCUT2D eigenvalue weighted by atomic mass is 9.86. The monoisotopic (exact) mass is 592 g/mol. The zero-order valence-corrected chi connectivity index (χ0v) is 24.5. The van der Waals surface area contributed by atoms with Crippen molar-refractivity contribution in [2.24, 2.45) is 0 Å². The zero-order chi connectivity index (χ0) is 30.5. The average molecular weight is 593 g/mol. The Bertz CT molecular complexity index is 2540. The summed E-state index contributed by atoms with van der Waals surface area (Å²) in [5, 5.41) is 6.73. The van der Waals surface area contributed by atoms with E-state index < -0.39 is 0 Å². The SMILES string of the molecule is c1ccc2cc(-c3ccc4c(-c5cc(-c6cnco6)ccn5)c5ccccc5c(-c5cc(-c6cnco6)ccn5)c4c3)ccc2c1. The first-order chi connectivity index (χ1) is 22.8. The van der Waals surface area contributed by atoms with Gasteiger partial charge in [-0.15, -0.1) is 0 Å². The summed E-state index contributed by atoms with van der Waals surface area (Å²) in [6.45, 7) is 0. The molecular formula is C40H24N4O2. The number of fused-ring (bicyclic) bond motifs is 3. The maximum Gasteiger partial charge on any atom is 0.181 e. The molecular weight excluding hydrogens is 568 g/mol. The smallest absolute Gasteiger partial charge is 0.181 e. The van der Waals surface area contributed by atoms with Gasteiger partial charge in [0, 0.05) is 34.6 Å². The molecule has 9 rings (SSSR count). The number of nitrogens with zero attached hydrogens (tertiary/aromatic N) is 4. The van der Waals surface area contributed by atoms with E-state index in [1.807, 2.05) is 24.5 Å². The Morgan fingerprint density at radius 1 is 0.413 bits per heavy atom. The van der Waals surface area contributed by atoms with Gasteiger partial charge in [0.2, 0.25) is 0 Å². The van der Waals surface area contributed by atoms with Gasteiger partial charge in [0.15, 0.2) is 24.3 Å². The second-order valence-corrected chi connectivity index (χ2v) is 11.2. The van der Waals surface area contributed by atoms with Crippen molar-refractivity contribution in [3.63, 3.8) is 0 Å². The summed E-state index contributed by atoms with van der Waals surface area (Å²) < 4.78 is 11.3. The van der Waals surface area contributed by atoms with Crippen LogP contribution in [0.2, 0.25) is 0 Å². The van der Waals surface area contributed by atoms with E-state index in [1.165, 1.54) is 23.6 Å². The minimum atomic E-state index is 0.694. The van der Waals surface area contributed by atoms with Gasteiger partial charge in [-0.05, 0) is 79.8 Å². The molecule has 9 aromatic rings. The van der Waals surface area contributed by atoms with E-state index in [1.54, 1.807) is 12.4 Å². The number of rotatable bonds is 5. The molecule has 216 valence electrons. The lowest BCUT2D eigenvalue weighted by Gasteiger charge is -2.18. The van der Waals surface area contributed by atoms with Crippen LogP contribution in [0.1, 0.15) is 0 Å². The highest BCUT2D eigenvalue weighted by atomic mass is 16.3. The average Bonchev–Trinajstić information content (AvgIpc) is 3.86. The van der Waals surface area contributed by atoms with Gasteiger partial charge in [-0.3, -0.25) is 9.97 Å².